The third kappa shape index (κ3) is 4.50. The van der Waals surface area contributed by atoms with Crippen molar-refractivity contribution in [2.24, 2.45) is 0 Å². The Kier molecular flexibility index (Phi) is 5.28. The van der Waals surface area contributed by atoms with Gasteiger partial charge < -0.3 is 15.7 Å². The molecule has 0 radical (unpaired) electrons. The van der Waals surface area contributed by atoms with Crippen molar-refractivity contribution in [1.29, 1.82) is 0 Å². The van der Waals surface area contributed by atoms with E-state index in [-0.39, 0.29) is 24.0 Å². The van der Waals surface area contributed by atoms with E-state index in [1.165, 1.54) is 12.4 Å². The maximum atomic E-state index is 12.8. The molecule has 1 aromatic heterocycles. The molecular weight excluding hydrogens is 292 g/mol. The largest absolute Gasteiger partial charge is 0.388 e. The van der Waals surface area contributed by atoms with Crippen LogP contribution in [0.4, 0.5) is 5.82 Å². The minimum atomic E-state index is -0.985. The van der Waals surface area contributed by atoms with Gasteiger partial charge in [-0.1, -0.05) is 37.3 Å². The van der Waals surface area contributed by atoms with Gasteiger partial charge in [-0.25, -0.2) is 9.97 Å². The Balaban J connectivity index is 2.29. The normalized spacial score (nSPS) is 13.3. The van der Waals surface area contributed by atoms with E-state index in [0.717, 1.165) is 5.56 Å². The van der Waals surface area contributed by atoms with Gasteiger partial charge in [0.2, 0.25) is 0 Å². The molecule has 0 aliphatic rings. The number of nitrogen functional groups attached to an aromatic ring is 1. The van der Waals surface area contributed by atoms with E-state index in [9.17, 15) is 9.90 Å². The van der Waals surface area contributed by atoms with Crippen LogP contribution >= 0.6 is 0 Å². The molecule has 0 unspecified atom stereocenters. The second-order valence-corrected chi connectivity index (χ2v) is 5.79. The first-order valence-corrected chi connectivity index (χ1v) is 7.55. The number of rotatable bonds is 6. The number of aliphatic hydroxyl groups is 1. The van der Waals surface area contributed by atoms with Gasteiger partial charge in [-0.15, -0.1) is 0 Å². The second-order valence-electron chi connectivity index (χ2n) is 5.79. The highest BCUT2D eigenvalue weighted by molar-refractivity contribution is 5.96. The average Bonchev–Trinajstić information content (AvgIpc) is 2.55. The Hall–Kier alpha value is -2.47. The van der Waals surface area contributed by atoms with Crippen LogP contribution < -0.4 is 5.73 Å². The van der Waals surface area contributed by atoms with Gasteiger partial charge in [0.1, 0.15) is 0 Å². The fraction of sp³-hybridized carbons (Fsp3) is 0.353. The van der Waals surface area contributed by atoms with Crippen LogP contribution in [0.2, 0.25) is 0 Å². The van der Waals surface area contributed by atoms with Crippen molar-refractivity contribution in [2.75, 3.05) is 12.3 Å². The van der Waals surface area contributed by atoms with Crippen LogP contribution in [0, 0.1) is 0 Å². The van der Waals surface area contributed by atoms with Gasteiger partial charge in [-0.3, -0.25) is 4.79 Å². The minimum absolute atomic E-state index is 0.0895. The summed E-state index contributed by atoms with van der Waals surface area (Å²) in [5.41, 5.74) is 5.86. The fourth-order valence-corrected chi connectivity index (χ4v) is 2.19. The fourth-order valence-electron chi connectivity index (χ4n) is 2.19. The third-order valence-corrected chi connectivity index (χ3v) is 3.73. The lowest BCUT2D eigenvalue weighted by Crippen LogP contribution is -2.43. The predicted octanol–water partition coefficient (Wildman–Crippen LogP) is 1.86. The maximum absolute atomic E-state index is 12.8. The SMILES string of the molecule is CC[C@](C)(O)CN(Cc1ccccc1)C(=O)c1nccnc1N. The molecule has 23 heavy (non-hydrogen) atoms. The molecule has 0 spiro atoms. The number of carbonyl (C=O) groups excluding carboxylic acids is 1. The van der Waals surface area contributed by atoms with Gasteiger partial charge in [-0.2, -0.15) is 0 Å². The van der Waals surface area contributed by atoms with Crippen LogP contribution in [-0.4, -0.2) is 38.0 Å². The number of hydrogen-bond acceptors (Lipinski definition) is 5. The average molecular weight is 314 g/mol. The Morgan fingerprint density at radius 2 is 1.91 bits per heavy atom. The smallest absolute Gasteiger partial charge is 0.276 e. The first kappa shape index (κ1) is 16.9. The summed E-state index contributed by atoms with van der Waals surface area (Å²) in [6.45, 7) is 4.14. The van der Waals surface area contributed by atoms with Crippen molar-refractivity contribution in [3.8, 4) is 0 Å². The Morgan fingerprint density at radius 1 is 1.26 bits per heavy atom. The Morgan fingerprint density at radius 3 is 2.52 bits per heavy atom. The molecule has 6 nitrogen and oxygen atoms in total. The van der Waals surface area contributed by atoms with Gasteiger partial charge in [0.05, 0.1) is 5.60 Å². The number of nitrogens with two attached hydrogens (primary N) is 1. The number of anilines is 1. The zero-order valence-electron chi connectivity index (χ0n) is 13.4. The highest BCUT2D eigenvalue weighted by Crippen LogP contribution is 2.17. The molecule has 2 rings (SSSR count). The van der Waals surface area contributed by atoms with E-state index < -0.39 is 5.60 Å². The van der Waals surface area contributed by atoms with Crippen molar-refractivity contribution in [3.63, 3.8) is 0 Å². The minimum Gasteiger partial charge on any atom is -0.388 e. The monoisotopic (exact) mass is 314 g/mol. The van der Waals surface area contributed by atoms with E-state index >= 15 is 0 Å². The molecule has 1 amide bonds. The lowest BCUT2D eigenvalue weighted by atomic mass is 10.0. The second kappa shape index (κ2) is 7.19. The Labute approximate surface area is 136 Å². The summed E-state index contributed by atoms with van der Waals surface area (Å²) < 4.78 is 0. The Bertz CT molecular complexity index is 659. The van der Waals surface area contributed by atoms with Crippen LogP contribution in [0.5, 0.6) is 0 Å². The number of hydrogen-bond donors (Lipinski definition) is 2. The molecule has 0 aliphatic carbocycles. The molecule has 1 atom stereocenters. The van der Waals surface area contributed by atoms with Crippen LogP contribution in [0.25, 0.3) is 0 Å². The molecule has 0 fully saturated rings. The highest BCUT2D eigenvalue weighted by Gasteiger charge is 2.28. The molecule has 0 saturated heterocycles. The number of amides is 1. The van der Waals surface area contributed by atoms with Gasteiger partial charge >= 0.3 is 0 Å². The van der Waals surface area contributed by atoms with E-state index in [2.05, 4.69) is 9.97 Å². The zero-order valence-corrected chi connectivity index (χ0v) is 13.4. The highest BCUT2D eigenvalue weighted by atomic mass is 16.3. The molecule has 0 saturated carbocycles. The van der Waals surface area contributed by atoms with Gasteiger partial charge in [-0.05, 0) is 18.9 Å². The quantitative estimate of drug-likeness (QED) is 0.849. The topological polar surface area (TPSA) is 92.3 Å². The molecular formula is C17H22N4O2. The number of nitrogens with zero attached hydrogens (tertiary/aromatic N) is 3. The molecule has 6 heteroatoms. The van der Waals surface area contributed by atoms with Crippen LogP contribution in [0.1, 0.15) is 36.3 Å². The van der Waals surface area contributed by atoms with Gasteiger partial charge in [0, 0.05) is 25.5 Å². The molecule has 1 heterocycles. The van der Waals surface area contributed by atoms with Crippen molar-refractivity contribution >= 4 is 11.7 Å². The number of carbonyl (C=O) groups is 1. The third-order valence-electron chi connectivity index (χ3n) is 3.73. The van der Waals surface area contributed by atoms with Crippen molar-refractivity contribution in [1.82, 2.24) is 14.9 Å². The molecule has 0 bridgehead atoms. The number of benzene rings is 1. The van der Waals surface area contributed by atoms with Gasteiger partial charge in [0.15, 0.2) is 11.5 Å². The van der Waals surface area contributed by atoms with Crippen molar-refractivity contribution in [3.05, 3.63) is 54.0 Å². The lowest BCUT2D eigenvalue weighted by molar-refractivity contribution is 0.0133. The van der Waals surface area contributed by atoms with Crippen molar-refractivity contribution < 1.29 is 9.90 Å². The van der Waals surface area contributed by atoms with Crippen LogP contribution in [-0.2, 0) is 6.54 Å². The molecule has 1 aromatic carbocycles. The molecule has 122 valence electrons. The lowest BCUT2D eigenvalue weighted by Gasteiger charge is -2.31. The van der Waals surface area contributed by atoms with E-state index in [4.69, 9.17) is 5.73 Å². The predicted molar refractivity (Wildman–Crippen MR) is 88.5 cm³/mol. The van der Waals surface area contributed by atoms with E-state index in [1.807, 2.05) is 37.3 Å². The zero-order chi connectivity index (χ0) is 16.9. The maximum Gasteiger partial charge on any atom is 0.276 e. The summed E-state index contributed by atoms with van der Waals surface area (Å²) in [6.07, 6.45) is 3.40. The van der Waals surface area contributed by atoms with Crippen LogP contribution in [0.3, 0.4) is 0 Å². The van der Waals surface area contributed by atoms with Gasteiger partial charge in [0.25, 0.3) is 5.91 Å². The summed E-state index contributed by atoms with van der Waals surface area (Å²) in [4.78, 5) is 22.3. The summed E-state index contributed by atoms with van der Waals surface area (Å²) in [7, 11) is 0. The first-order chi connectivity index (χ1) is 10.9. The number of aromatic nitrogens is 2. The first-order valence-electron chi connectivity index (χ1n) is 7.55. The molecule has 2 aromatic rings. The standard InChI is InChI=1S/C17H22N4O2/c1-3-17(2,23)12-21(11-13-7-5-4-6-8-13)16(22)14-15(18)20-10-9-19-14/h4-10,23H,3,11-12H2,1-2H3,(H2,18,20)/t17-/m0/s1. The summed E-state index contributed by atoms with van der Waals surface area (Å²) in [5.74, 6) is -0.250. The van der Waals surface area contributed by atoms with E-state index in [0.29, 0.717) is 13.0 Å². The summed E-state index contributed by atoms with van der Waals surface area (Å²) >= 11 is 0. The summed E-state index contributed by atoms with van der Waals surface area (Å²) in [6, 6.07) is 9.60. The molecule has 3 N–H and O–H groups in total. The summed E-state index contributed by atoms with van der Waals surface area (Å²) in [5, 5.41) is 10.4. The molecule has 0 aliphatic heterocycles. The van der Waals surface area contributed by atoms with Crippen molar-refractivity contribution in [2.45, 2.75) is 32.4 Å². The van der Waals surface area contributed by atoms with Crippen LogP contribution in [0.15, 0.2) is 42.7 Å². The van der Waals surface area contributed by atoms with E-state index in [1.54, 1.807) is 11.8 Å².